The summed E-state index contributed by atoms with van der Waals surface area (Å²) in [5, 5.41) is 21.6. The van der Waals surface area contributed by atoms with Gasteiger partial charge in [0.1, 0.15) is 18.1 Å². The SMILES string of the molecule is CCC(CC)(CO)CNCc1ccc(CO)o1. The zero-order valence-electron chi connectivity index (χ0n) is 10.7. The molecule has 17 heavy (non-hydrogen) atoms. The molecule has 0 spiro atoms. The van der Waals surface area contributed by atoms with E-state index in [0.717, 1.165) is 25.1 Å². The van der Waals surface area contributed by atoms with Gasteiger partial charge in [-0.3, -0.25) is 0 Å². The summed E-state index contributed by atoms with van der Waals surface area (Å²) in [6.07, 6.45) is 1.90. The summed E-state index contributed by atoms with van der Waals surface area (Å²) in [5.74, 6) is 1.40. The van der Waals surface area contributed by atoms with Crippen LogP contribution in [0.5, 0.6) is 0 Å². The highest BCUT2D eigenvalue weighted by atomic mass is 16.4. The molecule has 1 heterocycles. The van der Waals surface area contributed by atoms with Gasteiger partial charge in [0, 0.05) is 18.6 Å². The van der Waals surface area contributed by atoms with Crippen LogP contribution in [-0.2, 0) is 13.2 Å². The van der Waals surface area contributed by atoms with Crippen molar-refractivity contribution in [2.24, 2.45) is 5.41 Å². The predicted octanol–water partition coefficient (Wildman–Crippen LogP) is 1.66. The summed E-state index contributed by atoms with van der Waals surface area (Å²) in [6.45, 7) is 5.72. The van der Waals surface area contributed by atoms with Gasteiger partial charge in [0.15, 0.2) is 0 Å². The number of nitrogens with one attached hydrogen (secondary N) is 1. The Hall–Kier alpha value is -0.840. The van der Waals surface area contributed by atoms with Gasteiger partial charge in [-0.2, -0.15) is 0 Å². The third-order valence-electron chi connectivity index (χ3n) is 3.51. The fourth-order valence-corrected chi connectivity index (χ4v) is 1.83. The maximum Gasteiger partial charge on any atom is 0.129 e. The van der Waals surface area contributed by atoms with Crippen molar-refractivity contribution in [3.05, 3.63) is 23.7 Å². The van der Waals surface area contributed by atoms with Gasteiger partial charge in [0.25, 0.3) is 0 Å². The standard InChI is InChI=1S/C13H23NO3/c1-3-13(4-2,10-16)9-14-7-11-5-6-12(8-15)17-11/h5-6,14-16H,3-4,7-10H2,1-2H3. The summed E-state index contributed by atoms with van der Waals surface area (Å²) in [7, 11) is 0. The first-order chi connectivity index (χ1) is 8.19. The Bertz CT molecular complexity index is 310. The third-order valence-corrected chi connectivity index (χ3v) is 3.51. The van der Waals surface area contributed by atoms with E-state index in [2.05, 4.69) is 19.2 Å². The molecule has 0 bridgehead atoms. The number of aliphatic hydroxyl groups excluding tert-OH is 2. The lowest BCUT2D eigenvalue weighted by Crippen LogP contribution is -2.36. The summed E-state index contributed by atoms with van der Waals surface area (Å²) in [6, 6.07) is 3.63. The van der Waals surface area contributed by atoms with Crippen LogP contribution in [0.2, 0.25) is 0 Å². The van der Waals surface area contributed by atoms with Crippen LogP contribution in [-0.4, -0.2) is 23.4 Å². The highest BCUT2D eigenvalue weighted by Crippen LogP contribution is 2.24. The first-order valence-electron chi connectivity index (χ1n) is 6.19. The Morgan fingerprint density at radius 2 is 1.82 bits per heavy atom. The molecule has 0 aliphatic heterocycles. The molecule has 0 unspecified atom stereocenters. The van der Waals surface area contributed by atoms with E-state index >= 15 is 0 Å². The second kappa shape index (κ2) is 6.79. The van der Waals surface area contributed by atoms with E-state index in [1.54, 1.807) is 6.07 Å². The van der Waals surface area contributed by atoms with Crippen molar-refractivity contribution in [3.8, 4) is 0 Å². The van der Waals surface area contributed by atoms with Crippen LogP contribution in [0.1, 0.15) is 38.2 Å². The molecule has 3 N–H and O–H groups in total. The Morgan fingerprint density at radius 3 is 2.29 bits per heavy atom. The average Bonchev–Trinajstić information content (AvgIpc) is 2.83. The highest BCUT2D eigenvalue weighted by molar-refractivity contribution is 5.06. The quantitative estimate of drug-likeness (QED) is 0.647. The van der Waals surface area contributed by atoms with Crippen molar-refractivity contribution in [1.29, 1.82) is 0 Å². The lowest BCUT2D eigenvalue weighted by molar-refractivity contribution is 0.112. The fraction of sp³-hybridized carbons (Fsp3) is 0.692. The Kier molecular flexibility index (Phi) is 5.68. The zero-order valence-corrected chi connectivity index (χ0v) is 10.7. The second-order valence-electron chi connectivity index (χ2n) is 4.49. The second-order valence-corrected chi connectivity index (χ2v) is 4.49. The summed E-state index contributed by atoms with van der Waals surface area (Å²) in [5.41, 5.74) is -0.0353. The van der Waals surface area contributed by atoms with Crippen molar-refractivity contribution in [2.75, 3.05) is 13.2 Å². The highest BCUT2D eigenvalue weighted by Gasteiger charge is 2.24. The molecule has 0 saturated heterocycles. The van der Waals surface area contributed by atoms with Crippen LogP contribution in [0.25, 0.3) is 0 Å². The van der Waals surface area contributed by atoms with E-state index in [1.165, 1.54) is 0 Å². The number of hydrogen-bond donors (Lipinski definition) is 3. The molecule has 0 atom stereocenters. The maximum atomic E-state index is 9.42. The topological polar surface area (TPSA) is 65.6 Å². The summed E-state index contributed by atoms with van der Waals surface area (Å²) >= 11 is 0. The predicted molar refractivity (Wildman–Crippen MR) is 66.4 cm³/mol. The van der Waals surface area contributed by atoms with Crippen LogP contribution < -0.4 is 5.32 Å². The average molecular weight is 241 g/mol. The molecule has 0 aromatic carbocycles. The molecule has 0 aliphatic rings. The van der Waals surface area contributed by atoms with Crippen molar-refractivity contribution < 1.29 is 14.6 Å². The Morgan fingerprint density at radius 1 is 1.18 bits per heavy atom. The monoisotopic (exact) mass is 241 g/mol. The lowest BCUT2D eigenvalue weighted by Gasteiger charge is -2.29. The number of aliphatic hydroxyl groups is 2. The van der Waals surface area contributed by atoms with Crippen molar-refractivity contribution >= 4 is 0 Å². The van der Waals surface area contributed by atoms with Crippen LogP contribution >= 0.6 is 0 Å². The summed E-state index contributed by atoms with van der Waals surface area (Å²) < 4.78 is 5.37. The molecular weight excluding hydrogens is 218 g/mol. The zero-order chi connectivity index (χ0) is 12.7. The van der Waals surface area contributed by atoms with E-state index in [1.807, 2.05) is 6.07 Å². The van der Waals surface area contributed by atoms with Crippen molar-refractivity contribution in [3.63, 3.8) is 0 Å². The Labute approximate surface area is 103 Å². The fourth-order valence-electron chi connectivity index (χ4n) is 1.83. The van der Waals surface area contributed by atoms with E-state index in [9.17, 15) is 5.11 Å². The van der Waals surface area contributed by atoms with Crippen LogP contribution in [0.4, 0.5) is 0 Å². The van der Waals surface area contributed by atoms with Gasteiger partial charge in [0.2, 0.25) is 0 Å². The van der Waals surface area contributed by atoms with E-state index in [4.69, 9.17) is 9.52 Å². The minimum absolute atomic E-state index is 0.0353. The first kappa shape index (κ1) is 14.2. The van der Waals surface area contributed by atoms with E-state index in [-0.39, 0.29) is 18.6 Å². The minimum atomic E-state index is -0.0650. The van der Waals surface area contributed by atoms with Gasteiger partial charge < -0.3 is 19.9 Å². The van der Waals surface area contributed by atoms with Gasteiger partial charge in [-0.1, -0.05) is 13.8 Å². The third kappa shape index (κ3) is 3.84. The molecule has 0 aliphatic carbocycles. The van der Waals surface area contributed by atoms with Crippen molar-refractivity contribution in [1.82, 2.24) is 5.32 Å². The number of rotatable bonds is 8. The van der Waals surface area contributed by atoms with Gasteiger partial charge in [-0.05, 0) is 25.0 Å². The molecule has 1 rings (SSSR count). The number of furan rings is 1. The normalized spacial score (nSPS) is 12.0. The Balaban J connectivity index is 2.40. The van der Waals surface area contributed by atoms with Crippen LogP contribution in [0, 0.1) is 5.41 Å². The van der Waals surface area contributed by atoms with E-state index < -0.39 is 0 Å². The summed E-state index contributed by atoms with van der Waals surface area (Å²) in [4.78, 5) is 0. The molecule has 0 amide bonds. The maximum absolute atomic E-state index is 9.42. The molecule has 4 nitrogen and oxygen atoms in total. The molecular formula is C13H23NO3. The van der Waals surface area contributed by atoms with Gasteiger partial charge in [0.05, 0.1) is 6.54 Å². The van der Waals surface area contributed by atoms with Crippen LogP contribution in [0.3, 0.4) is 0 Å². The van der Waals surface area contributed by atoms with E-state index in [0.29, 0.717) is 12.3 Å². The smallest absolute Gasteiger partial charge is 0.129 e. The van der Waals surface area contributed by atoms with Gasteiger partial charge in [-0.15, -0.1) is 0 Å². The largest absolute Gasteiger partial charge is 0.462 e. The molecule has 0 saturated carbocycles. The minimum Gasteiger partial charge on any atom is -0.462 e. The first-order valence-corrected chi connectivity index (χ1v) is 6.19. The van der Waals surface area contributed by atoms with Crippen molar-refractivity contribution in [2.45, 2.75) is 39.8 Å². The molecule has 98 valence electrons. The molecule has 0 fully saturated rings. The van der Waals surface area contributed by atoms with Gasteiger partial charge in [-0.25, -0.2) is 0 Å². The van der Waals surface area contributed by atoms with Gasteiger partial charge >= 0.3 is 0 Å². The number of hydrogen-bond acceptors (Lipinski definition) is 4. The molecule has 0 radical (unpaired) electrons. The molecule has 1 aromatic rings. The lowest BCUT2D eigenvalue weighted by atomic mass is 9.83. The molecule has 1 aromatic heterocycles. The molecule has 4 heteroatoms. The van der Waals surface area contributed by atoms with Crippen LogP contribution in [0.15, 0.2) is 16.5 Å².